The third-order valence-electron chi connectivity index (χ3n) is 2.58. The van der Waals surface area contributed by atoms with Gasteiger partial charge in [0.05, 0.1) is 5.84 Å². The first-order chi connectivity index (χ1) is 6.36. The van der Waals surface area contributed by atoms with Gasteiger partial charge in [0, 0.05) is 26.1 Å². The van der Waals surface area contributed by atoms with Gasteiger partial charge in [-0.1, -0.05) is 13.3 Å². The molecule has 76 valence electrons. The van der Waals surface area contributed by atoms with Crippen LogP contribution in [0.1, 0.15) is 32.6 Å². The number of nitrogens with one attached hydrogen (secondary N) is 1. The molecular weight excluding hydrogens is 164 g/mol. The lowest BCUT2D eigenvalue weighted by atomic mass is 10.0. The molecule has 1 aliphatic heterocycles. The monoisotopic (exact) mass is 184 g/mol. The minimum absolute atomic E-state index is 0.298. The summed E-state index contributed by atoms with van der Waals surface area (Å²) in [6, 6.07) is 0. The topological polar surface area (TPSA) is 44.6 Å². The molecule has 1 unspecified atom stereocenters. The molecule has 0 amide bonds. The van der Waals surface area contributed by atoms with Crippen LogP contribution in [0.2, 0.25) is 0 Å². The van der Waals surface area contributed by atoms with Gasteiger partial charge in [0.25, 0.3) is 0 Å². The van der Waals surface area contributed by atoms with Crippen molar-refractivity contribution in [2.75, 3.05) is 19.7 Å². The zero-order valence-electron chi connectivity index (χ0n) is 8.42. The Kier molecular flexibility index (Phi) is 4.83. The molecule has 0 radical (unpaired) electrons. The fourth-order valence-electron chi connectivity index (χ4n) is 1.58. The normalized spacial score (nSPS) is 18.5. The Morgan fingerprint density at radius 3 is 3.00 bits per heavy atom. The fraction of sp³-hybridized carbons (Fsp3) is 0.900. The minimum Gasteiger partial charge on any atom is -0.396 e. The predicted molar refractivity (Wildman–Crippen MR) is 55.0 cm³/mol. The van der Waals surface area contributed by atoms with Gasteiger partial charge in [0.2, 0.25) is 0 Å². The first kappa shape index (κ1) is 10.5. The van der Waals surface area contributed by atoms with Gasteiger partial charge in [-0.3, -0.25) is 4.99 Å². The van der Waals surface area contributed by atoms with Crippen LogP contribution < -0.4 is 5.32 Å². The van der Waals surface area contributed by atoms with Gasteiger partial charge in [-0.2, -0.15) is 0 Å². The van der Waals surface area contributed by atoms with E-state index in [0.29, 0.717) is 12.5 Å². The molecule has 0 aromatic carbocycles. The molecule has 3 nitrogen and oxygen atoms in total. The summed E-state index contributed by atoms with van der Waals surface area (Å²) in [5, 5.41) is 12.2. The van der Waals surface area contributed by atoms with Gasteiger partial charge < -0.3 is 10.4 Å². The van der Waals surface area contributed by atoms with Crippen LogP contribution in [0.25, 0.3) is 0 Å². The fourth-order valence-corrected chi connectivity index (χ4v) is 1.58. The van der Waals surface area contributed by atoms with E-state index in [1.807, 2.05) is 0 Å². The second kappa shape index (κ2) is 5.97. The SMILES string of the molecule is CCC(CCO)CNC1=NCCC1. The molecule has 1 aliphatic rings. The molecule has 0 bridgehead atoms. The van der Waals surface area contributed by atoms with Crippen molar-refractivity contribution in [3.8, 4) is 0 Å². The summed E-state index contributed by atoms with van der Waals surface area (Å²) in [5.41, 5.74) is 0. The lowest BCUT2D eigenvalue weighted by Gasteiger charge is -2.14. The lowest BCUT2D eigenvalue weighted by Crippen LogP contribution is -2.28. The lowest BCUT2D eigenvalue weighted by molar-refractivity contribution is 0.254. The predicted octanol–water partition coefficient (Wildman–Crippen LogP) is 1.18. The maximum Gasteiger partial charge on any atom is 0.0963 e. The maximum atomic E-state index is 8.80. The molecule has 0 spiro atoms. The van der Waals surface area contributed by atoms with E-state index in [-0.39, 0.29) is 0 Å². The van der Waals surface area contributed by atoms with E-state index < -0.39 is 0 Å². The van der Waals surface area contributed by atoms with Crippen molar-refractivity contribution in [1.29, 1.82) is 0 Å². The minimum atomic E-state index is 0.298. The molecule has 0 saturated heterocycles. The molecule has 0 aromatic heterocycles. The van der Waals surface area contributed by atoms with Crippen LogP contribution in [-0.4, -0.2) is 30.6 Å². The molecule has 13 heavy (non-hydrogen) atoms. The Hall–Kier alpha value is -0.570. The molecular formula is C10H20N2O. The largest absolute Gasteiger partial charge is 0.396 e. The molecule has 3 heteroatoms. The smallest absolute Gasteiger partial charge is 0.0963 e. The van der Waals surface area contributed by atoms with Crippen molar-refractivity contribution in [3.63, 3.8) is 0 Å². The van der Waals surface area contributed by atoms with Crippen LogP contribution in [0.5, 0.6) is 0 Å². The Balaban J connectivity index is 2.14. The number of amidine groups is 1. The highest BCUT2D eigenvalue weighted by Gasteiger charge is 2.09. The first-order valence-electron chi connectivity index (χ1n) is 5.25. The highest BCUT2D eigenvalue weighted by molar-refractivity contribution is 5.83. The second-order valence-electron chi connectivity index (χ2n) is 3.60. The quantitative estimate of drug-likeness (QED) is 0.674. The number of nitrogens with zero attached hydrogens (tertiary/aromatic N) is 1. The molecule has 1 rings (SSSR count). The van der Waals surface area contributed by atoms with Gasteiger partial charge in [0.1, 0.15) is 0 Å². The molecule has 1 heterocycles. The Bertz CT molecular complexity index is 168. The number of aliphatic hydroxyl groups is 1. The van der Waals surface area contributed by atoms with E-state index in [4.69, 9.17) is 5.11 Å². The van der Waals surface area contributed by atoms with Crippen molar-refractivity contribution in [1.82, 2.24) is 5.32 Å². The van der Waals surface area contributed by atoms with Gasteiger partial charge in [-0.15, -0.1) is 0 Å². The summed E-state index contributed by atoms with van der Waals surface area (Å²) in [5.74, 6) is 1.75. The standard InChI is InChI=1S/C10H20N2O/c1-2-9(5-7-13)8-12-10-4-3-6-11-10/h9,13H,2-8H2,1H3,(H,11,12). The van der Waals surface area contributed by atoms with Gasteiger partial charge >= 0.3 is 0 Å². The van der Waals surface area contributed by atoms with Crippen molar-refractivity contribution >= 4 is 5.84 Å². The summed E-state index contributed by atoms with van der Waals surface area (Å²) in [6.07, 6.45) is 4.33. The third-order valence-corrected chi connectivity index (χ3v) is 2.58. The van der Waals surface area contributed by atoms with E-state index in [0.717, 1.165) is 38.2 Å². The highest BCUT2D eigenvalue weighted by atomic mass is 16.3. The van der Waals surface area contributed by atoms with Crippen LogP contribution in [-0.2, 0) is 0 Å². The van der Waals surface area contributed by atoms with E-state index in [1.165, 1.54) is 6.42 Å². The summed E-state index contributed by atoms with van der Waals surface area (Å²) in [7, 11) is 0. The molecule has 2 N–H and O–H groups in total. The molecule has 0 aliphatic carbocycles. The van der Waals surface area contributed by atoms with Gasteiger partial charge in [-0.25, -0.2) is 0 Å². The van der Waals surface area contributed by atoms with Crippen LogP contribution >= 0.6 is 0 Å². The Morgan fingerprint density at radius 1 is 1.62 bits per heavy atom. The average molecular weight is 184 g/mol. The zero-order chi connectivity index (χ0) is 9.52. The van der Waals surface area contributed by atoms with Crippen molar-refractivity contribution in [2.45, 2.75) is 32.6 Å². The number of aliphatic imine (C=N–C) groups is 1. The van der Waals surface area contributed by atoms with E-state index in [2.05, 4.69) is 17.2 Å². The van der Waals surface area contributed by atoms with E-state index >= 15 is 0 Å². The highest BCUT2D eigenvalue weighted by Crippen LogP contribution is 2.07. The maximum absolute atomic E-state index is 8.80. The van der Waals surface area contributed by atoms with Crippen LogP contribution in [0.3, 0.4) is 0 Å². The number of hydrogen-bond donors (Lipinski definition) is 2. The molecule has 0 fully saturated rings. The molecule has 1 atom stereocenters. The third kappa shape index (κ3) is 3.77. The van der Waals surface area contributed by atoms with Crippen LogP contribution in [0.15, 0.2) is 4.99 Å². The van der Waals surface area contributed by atoms with Crippen molar-refractivity contribution in [3.05, 3.63) is 0 Å². The van der Waals surface area contributed by atoms with E-state index in [9.17, 15) is 0 Å². The molecule has 0 saturated carbocycles. The van der Waals surface area contributed by atoms with Gasteiger partial charge in [-0.05, 0) is 18.8 Å². The summed E-state index contributed by atoms with van der Waals surface area (Å²) < 4.78 is 0. The van der Waals surface area contributed by atoms with Crippen molar-refractivity contribution < 1.29 is 5.11 Å². The second-order valence-corrected chi connectivity index (χ2v) is 3.60. The number of rotatable bonds is 5. The van der Waals surface area contributed by atoms with Crippen LogP contribution in [0, 0.1) is 5.92 Å². The average Bonchev–Trinajstić information content (AvgIpc) is 2.64. The number of aliphatic hydroxyl groups excluding tert-OH is 1. The molecule has 0 aromatic rings. The summed E-state index contributed by atoms with van der Waals surface area (Å²) >= 11 is 0. The first-order valence-corrected chi connectivity index (χ1v) is 5.25. The van der Waals surface area contributed by atoms with E-state index in [1.54, 1.807) is 0 Å². The van der Waals surface area contributed by atoms with Crippen molar-refractivity contribution in [2.24, 2.45) is 10.9 Å². The Labute approximate surface area is 80.3 Å². The summed E-state index contributed by atoms with van der Waals surface area (Å²) in [4.78, 5) is 4.35. The zero-order valence-corrected chi connectivity index (χ0v) is 8.42. The number of hydrogen-bond acceptors (Lipinski definition) is 3. The Morgan fingerprint density at radius 2 is 2.46 bits per heavy atom. The van der Waals surface area contributed by atoms with Crippen LogP contribution in [0.4, 0.5) is 0 Å². The van der Waals surface area contributed by atoms with Gasteiger partial charge in [0.15, 0.2) is 0 Å². The summed E-state index contributed by atoms with van der Waals surface area (Å²) in [6.45, 7) is 4.42.